The molecule has 0 saturated carbocycles. The van der Waals surface area contributed by atoms with Gasteiger partial charge in [0.25, 0.3) is 0 Å². The van der Waals surface area contributed by atoms with Gasteiger partial charge in [-0.3, -0.25) is 0 Å². The van der Waals surface area contributed by atoms with E-state index in [1.54, 1.807) is 25.1 Å². The van der Waals surface area contributed by atoms with Crippen LogP contribution in [0.4, 0.5) is 5.82 Å². The van der Waals surface area contributed by atoms with Crippen molar-refractivity contribution < 1.29 is 8.42 Å². The van der Waals surface area contributed by atoms with Crippen LogP contribution >= 0.6 is 23.2 Å². The molecule has 1 aromatic heterocycles. The van der Waals surface area contributed by atoms with Gasteiger partial charge in [0, 0.05) is 22.3 Å². The Morgan fingerprint density at radius 2 is 1.95 bits per heavy atom. The van der Waals surface area contributed by atoms with Gasteiger partial charge in [0.15, 0.2) is 0 Å². The van der Waals surface area contributed by atoms with E-state index in [2.05, 4.69) is 9.71 Å². The van der Waals surface area contributed by atoms with Gasteiger partial charge in [-0.25, -0.2) is 18.1 Å². The Kier molecular flexibility index (Phi) is 4.73. The zero-order valence-electron chi connectivity index (χ0n) is 11.0. The van der Waals surface area contributed by atoms with Gasteiger partial charge in [-0.2, -0.15) is 0 Å². The predicted molar refractivity (Wildman–Crippen MR) is 83.8 cm³/mol. The molecule has 0 radical (unpaired) electrons. The van der Waals surface area contributed by atoms with Crippen molar-refractivity contribution in [1.29, 1.82) is 0 Å². The molecule has 1 heterocycles. The maximum absolute atomic E-state index is 12.2. The molecule has 0 saturated heterocycles. The van der Waals surface area contributed by atoms with E-state index in [9.17, 15) is 8.42 Å². The molecule has 3 N–H and O–H groups in total. The molecule has 0 aliphatic rings. The van der Waals surface area contributed by atoms with Gasteiger partial charge in [-0.15, -0.1) is 0 Å². The number of nitrogen functional groups attached to an aromatic ring is 1. The average molecular weight is 346 g/mol. The largest absolute Gasteiger partial charge is 0.384 e. The fourth-order valence-electron chi connectivity index (χ4n) is 1.77. The molecule has 1 aromatic carbocycles. The third kappa shape index (κ3) is 3.85. The van der Waals surface area contributed by atoms with Crippen molar-refractivity contribution in [2.24, 2.45) is 0 Å². The van der Waals surface area contributed by atoms with E-state index < -0.39 is 16.1 Å². The van der Waals surface area contributed by atoms with Crippen LogP contribution in [-0.2, 0) is 10.0 Å². The normalized spacial score (nSPS) is 13.1. The number of nitrogens with one attached hydrogen (secondary N) is 1. The van der Waals surface area contributed by atoms with E-state index in [1.807, 2.05) is 0 Å². The van der Waals surface area contributed by atoms with E-state index >= 15 is 0 Å². The number of nitrogens with two attached hydrogens (primary N) is 1. The van der Waals surface area contributed by atoms with Crippen LogP contribution in [0, 0.1) is 0 Å². The van der Waals surface area contributed by atoms with Crippen LogP contribution in [0.3, 0.4) is 0 Å². The number of halogens is 2. The summed E-state index contributed by atoms with van der Waals surface area (Å²) >= 11 is 11.9. The molecule has 112 valence electrons. The van der Waals surface area contributed by atoms with Crippen LogP contribution in [-0.4, -0.2) is 13.4 Å². The van der Waals surface area contributed by atoms with Crippen LogP contribution in [0.15, 0.2) is 41.4 Å². The van der Waals surface area contributed by atoms with Gasteiger partial charge in [0.2, 0.25) is 10.0 Å². The summed E-state index contributed by atoms with van der Waals surface area (Å²) in [6, 6.07) is 7.19. The standard InChI is InChI=1S/C13H13Cl2N3O2S/c1-8(11-4-2-9(14)6-12(11)15)18-21(19,20)10-3-5-13(16)17-7-10/h2-8,18H,1H3,(H2,16,17). The number of rotatable bonds is 4. The van der Waals surface area contributed by atoms with E-state index in [-0.39, 0.29) is 10.7 Å². The van der Waals surface area contributed by atoms with Crippen molar-refractivity contribution >= 4 is 39.0 Å². The zero-order valence-corrected chi connectivity index (χ0v) is 13.4. The number of benzene rings is 1. The highest BCUT2D eigenvalue weighted by molar-refractivity contribution is 7.89. The van der Waals surface area contributed by atoms with Crippen molar-refractivity contribution in [2.45, 2.75) is 17.9 Å². The van der Waals surface area contributed by atoms with E-state index in [0.29, 0.717) is 15.6 Å². The number of hydrogen-bond acceptors (Lipinski definition) is 4. The quantitative estimate of drug-likeness (QED) is 0.891. The highest BCUT2D eigenvalue weighted by Crippen LogP contribution is 2.27. The van der Waals surface area contributed by atoms with Crippen molar-refractivity contribution in [3.05, 3.63) is 52.1 Å². The highest BCUT2D eigenvalue weighted by atomic mass is 35.5. The second-order valence-corrected chi connectivity index (χ2v) is 6.99. The van der Waals surface area contributed by atoms with Crippen LogP contribution in [0.25, 0.3) is 0 Å². The van der Waals surface area contributed by atoms with Gasteiger partial charge in [0.05, 0.1) is 0 Å². The minimum absolute atomic E-state index is 0.0358. The molecular weight excluding hydrogens is 333 g/mol. The van der Waals surface area contributed by atoms with Crippen LogP contribution < -0.4 is 10.5 Å². The molecule has 0 amide bonds. The summed E-state index contributed by atoms with van der Waals surface area (Å²) in [5.74, 6) is 0.253. The third-order valence-corrected chi connectivity index (χ3v) is 4.92. The average Bonchev–Trinajstić information content (AvgIpc) is 2.38. The highest BCUT2D eigenvalue weighted by Gasteiger charge is 2.20. The number of nitrogens with zero attached hydrogens (tertiary/aromatic N) is 1. The maximum Gasteiger partial charge on any atom is 0.242 e. The molecule has 0 bridgehead atoms. The van der Waals surface area contributed by atoms with E-state index in [0.717, 1.165) is 0 Å². The molecule has 8 heteroatoms. The summed E-state index contributed by atoms with van der Waals surface area (Å²) in [4.78, 5) is 3.81. The van der Waals surface area contributed by atoms with E-state index in [1.165, 1.54) is 18.3 Å². The lowest BCUT2D eigenvalue weighted by atomic mass is 10.1. The Balaban J connectivity index is 2.25. The van der Waals surface area contributed by atoms with Gasteiger partial charge in [-0.1, -0.05) is 29.3 Å². The van der Waals surface area contributed by atoms with Gasteiger partial charge in [0.1, 0.15) is 10.7 Å². The molecule has 0 spiro atoms. The smallest absolute Gasteiger partial charge is 0.242 e. The first kappa shape index (κ1) is 16.0. The van der Waals surface area contributed by atoms with Gasteiger partial charge < -0.3 is 5.73 Å². The maximum atomic E-state index is 12.2. The molecule has 21 heavy (non-hydrogen) atoms. The lowest BCUT2D eigenvalue weighted by Gasteiger charge is -2.16. The second-order valence-electron chi connectivity index (χ2n) is 4.43. The summed E-state index contributed by atoms with van der Waals surface area (Å²) in [5.41, 5.74) is 6.07. The number of aromatic nitrogens is 1. The Morgan fingerprint density at radius 3 is 2.52 bits per heavy atom. The van der Waals surface area contributed by atoms with Crippen molar-refractivity contribution in [3.63, 3.8) is 0 Å². The zero-order chi connectivity index (χ0) is 15.6. The number of pyridine rings is 1. The third-order valence-electron chi connectivity index (χ3n) is 2.83. The first-order chi connectivity index (χ1) is 9.79. The number of sulfonamides is 1. The van der Waals surface area contributed by atoms with Crippen LogP contribution in [0.2, 0.25) is 10.0 Å². The van der Waals surface area contributed by atoms with E-state index in [4.69, 9.17) is 28.9 Å². The summed E-state index contributed by atoms with van der Waals surface area (Å²) in [7, 11) is -3.71. The lowest BCUT2D eigenvalue weighted by molar-refractivity contribution is 0.566. The lowest BCUT2D eigenvalue weighted by Crippen LogP contribution is -2.27. The van der Waals surface area contributed by atoms with Crippen molar-refractivity contribution in [2.75, 3.05) is 5.73 Å². The topological polar surface area (TPSA) is 85.1 Å². The predicted octanol–water partition coefficient (Wildman–Crippen LogP) is 3.01. The number of hydrogen-bond donors (Lipinski definition) is 2. The summed E-state index contributed by atoms with van der Waals surface area (Å²) in [6.07, 6.45) is 1.20. The molecule has 2 rings (SSSR count). The Morgan fingerprint density at radius 1 is 1.24 bits per heavy atom. The van der Waals surface area contributed by atoms with Gasteiger partial charge >= 0.3 is 0 Å². The molecule has 2 aromatic rings. The fourth-order valence-corrected chi connectivity index (χ4v) is 3.51. The molecule has 0 fully saturated rings. The summed E-state index contributed by atoms with van der Waals surface area (Å²) < 4.78 is 27.0. The Hall–Kier alpha value is -1.34. The van der Waals surface area contributed by atoms with Gasteiger partial charge in [-0.05, 0) is 36.8 Å². The Labute approximate surface area is 133 Å². The summed E-state index contributed by atoms with van der Waals surface area (Å²) in [5, 5.41) is 0.884. The minimum Gasteiger partial charge on any atom is -0.384 e. The monoisotopic (exact) mass is 345 g/mol. The first-order valence-electron chi connectivity index (χ1n) is 5.98. The molecule has 1 unspecified atom stereocenters. The summed E-state index contributed by atoms with van der Waals surface area (Å²) in [6.45, 7) is 1.69. The van der Waals surface area contributed by atoms with Crippen molar-refractivity contribution in [1.82, 2.24) is 9.71 Å². The first-order valence-corrected chi connectivity index (χ1v) is 8.22. The fraction of sp³-hybridized carbons (Fsp3) is 0.154. The molecule has 1 atom stereocenters. The van der Waals surface area contributed by atoms with Crippen LogP contribution in [0.5, 0.6) is 0 Å². The molecular formula is C13H13Cl2N3O2S. The van der Waals surface area contributed by atoms with Crippen molar-refractivity contribution in [3.8, 4) is 0 Å². The second kappa shape index (κ2) is 6.19. The molecule has 0 aliphatic heterocycles. The Bertz CT molecular complexity index is 749. The molecule has 0 aliphatic carbocycles. The number of anilines is 1. The van der Waals surface area contributed by atoms with Crippen LogP contribution in [0.1, 0.15) is 18.5 Å². The minimum atomic E-state index is -3.71. The molecule has 5 nitrogen and oxygen atoms in total. The SMILES string of the molecule is CC(NS(=O)(=O)c1ccc(N)nc1)c1ccc(Cl)cc1Cl.